The van der Waals surface area contributed by atoms with Crippen LogP contribution in [0.5, 0.6) is 0 Å². The molecule has 0 aromatic rings. The third-order valence-electron chi connectivity index (χ3n) is 3.34. The maximum atomic E-state index is 2.40. The van der Waals surface area contributed by atoms with Crippen LogP contribution in [0.1, 0.15) is 73.1 Å². The second-order valence-electron chi connectivity index (χ2n) is 5.14. The maximum absolute atomic E-state index is 2.40. The molecule has 0 saturated carbocycles. The molecule has 0 aliphatic carbocycles. The minimum Gasteiger partial charge on any atom is -0.0654 e. The SMILES string of the molecule is CCCCC(CC)CC(C)(C)CC. The molecular weight excluding hydrogens is 156 g/mol. The van der Waals surface area contributed by atoms with E-state index in [1.807, 2.05) is 0 Å². The van der Waals surface area contributed by atoms with Crippen molar-refractivity contribution in [1.29, 1.82) is 0 Å². The minimum absolute atomic E-state index is 0.564. The zero-order valence-electron chi connectivity index (χ0n) is 10.3. The highest BCUT2D eigenvalue weighted by Crippen LogP contribution is 2.32. The van der Waals surface area contributed by atoms with Crippen molar-refractivity contribution >= 4 is 0 Å². The predicted octanol–water partition coefficient (Wildman–Crippen LogP) is 5.03. The quantitative estimate of drug-likeness (QED) is 0.520. The summed E-state index contributed by atoms with van der Waals surface area (Å²) < 4.78 is 0. The van der Waals surface area contributed by atoms with Gasteiger partial charge in [0.05, 0.1) is 0 Å². The molecular formula is C13H28. The highest BCUT2D eigenvalue weighted by molar-refractivity contribution is 4.71. The number of hydrogen-bond acceptors (Lipinski definition) is 0. The summed E-state index contributed by atoms with van der Waals surface area (Å²) >= 11 is 0. The standard InChI is InChI=1S/C13H28/c1-6-9-10-12(7-2)11-13(4,5)8-3/h12H,6-11H2,1-5H3. The van der Waals surface area contributed by atoms with Crippen LogP contribution in [-0.4, -0.2) is 0 Å². The first kappa shape index (κ1) is 13.0. The molecule has 0 nitrogen and oxygen atoms in total. The molecule has 0 bridgehead atoms. The molecule has 0 aromatic carbocycles. The molecule has 0 rings (SSSR count). The third-order valence-corrected chi connectivity index (χ3v) is 3.34. The third kappa shape index (κ3) is 6.12. The Bertz CT molecular complexity index is 113. The first-order valence-electron chi connectivity index (χ1n) is 6.05. The van der Waals surface area contributed by atoms with E-state index < -0.39 is 0 Å². The van der Waals surface area contributed by atoms with Crippen molar-refractivity contribution < 1.29 is 0 Å². The molecule has 80 valence electrons. The minimum atomic E-state index is 0.564. The van der Waals surface area contributed by atoms with Crippen molar-refractivity contribution in [2.75, 3.05) is 0 Å². The second-order valence-corrected chi connectivity index (χ2v) is 5.14. The summed E-state index contributed by atoms with van der Waals surface area (Å²) in [6.45, 7) is 11.7. The van der Waals surface area contributed by atoms with Gasteiger partial charge in [-0.3, -0.25) is 0 Å². The lowest BCUT2D eigenvalue weighted by molar-refractivity contribution is 0.240. The summed E-state index contributed by atoms with van der Waals surface area (Å²) in [5.41, 5.74) is 0.564. The Labute approximate surface area is 85.1 Å². The van der Waals surface area contributed by atoms with Gasteiger partial charge in [0.2, 0.25) is 0 Å². The molecule has 0 spiro atoms. The fraction of sp³-hybridized carbons (Fsp3) is 1.00. The molecule has 0 heteroatoms. The maximum Gasteiger partial charge on any atom is -0.0354 e. The molecule has 0 saturated heterocycles. The molecule has 0 heterocycles. The molecule has 13 heavy (non-hydrogen) atoms. The largest absolute Gasteiger partial charge is 0.0654 e. The lowest BCUT2D eigenvalue weighted by Crippen LogP contribution is -2.15. The fourth-order valence-corrected chi connectivity index (χ4v) is 1.87. The van der Waals surface area contributed by atoms with Gasteiger partial charge in [-0.15, -0.1) is 0 Å². The summed E-state index contributed by atoms with van der Waals surface area (Å²) in [5.74, 6) is 0.967. The van der Waals surface area contributed by atoms with E-state index in [9.17, 15) is 0 Å². The van der Waals surface area contributed by atoms with E-state index in [2.05, 4.69) is 34.6 Å². The molecule has 1 unspecified atom stereocenters. The Morgan fingerprint density at radius 1 is 1.08 bits per heavy atom. The first-order chi connectivity index (χ1) is 6.05. The van der Waals surface area contributed by atoms with Crippen LogP contribution >= 0.6 is 0 Å². The lowest BCUT2D eigenvalue weighted by atomic mass is 9.78. The summed E-state index contributed by atoms with van der Waals surface area (Å²) in [5, 5.41) is 0. The van der Waals surface area contributed by atoms with E-state index >= 15 is 0 Å². The normalized spacial score (nSPS) is 14.5. The average molecular weight is 184 g/mol. The van der Waals surface area contributed by atoms with Crippen LogP contribution < -0.4 is 0 Å². The number of rotatable bonds is 7. The van der Waals surface area contributed by atoms with Gasteiger partial charge in [0.1, 0.15) is 0 Å². The molecule has 0 aliphatic heterocycles. The van der Waals surface area contributed by atoms with E-state index in [0.29, 0.717) is 5.41 Å². The Hall–Kier alpha value is 0. The summed E-state index contributed by atoms with van der Waals surface area (Å²) in [6, 6.07) is 0. The first-order valence-corrected chi connectivity index (χ1v) is 6.05. The summed E-state index contributed by atoms with van der Waals surface area (Å²) in [7, 11) is 0. The van der Waals surface area contributed by atoms with Gasteiger partial charge in [-0.2, -0.15) is 0 Å². The smallest absolute Gasteiger partial charge is 0.0354 e. The molecule has 0 amide bonds. The van der Waals surface area contributed by atoms with Crippen molar-refractivity contribution in [3.63, 3.8) is 0 Å². The molecule has 0 fully saturated rings. The van der Waals surface area contributed by atoms with E-state index in [1.54, 1.807) is 0 Å². The van der Waals surface area contributed by atoms with Crippen LogP contribution in [0.2, 0.25) is 0 Å². The zero-order chi connectivity index (χ0) is 10.3. The lowest BCUT2D eigenvalue weighted by Gasteiger charge is -2.28. The zero-order valence-corrected chi connectivity index (χ0v) is 10.3. The van der Waals surface area contributed by atoms with Gasteiger partial charge in [0, 0.05) is 0 Å². The van der Waals surface area contributed by atoms with Crippen molar-refractivity contribution in [1.82, 2.24) is 0 Å². The second kappa shape index (κ2) is 6.45. The van der Waals surface area contributed by atoms with E-state index in [-0.39, 0.29) is 0 Å². The molecule has 0 radical (unpaired) electrons. The highest BCUT2D eigenvalue weighted by atomic mass is 14.2. The van der Waals surface area contributed by atoms with Crippen molar-refractivity contribution in [3.05, 3.63) is 0 Å². The molecule has 0 N–H and O–H groups in total. The Morgan fingerprint density at radius 3 is 2.08 bits per heavy atom. The number of unbranched alkanes of at least 4 members (excludes halogenated alkanes) is 1. The van der Waals surface area contributed by atoms with Gasteiger partial charge in [-0.1, -0.05) is 66.7 Å². The van der Waals surface area contributed by atoms with Gasteiger partial charge in [0.15, 0.2) is 0 Å². The van der Waals surface area contributed by atoms with Crippen LogP contribution in [0.15, 0.2) is 0 Å². The Balaban J connectivity index is 3.82. The van der Waals surface area contributed by atoms with Crippen LogP contribution in [0.4, 0.5) is 0 Å². The van der Waals surface area contributed by atoms with Crippen LogP contribution in [0, 0.1) is 11.3 Å². The van der Waals surface area contributed by atoms with Gasteiger partial charge < -0.3 is 0 Å². The highest BCUT2D eigenvalue weighted by Gasteiger charge is 2.19. The van der Waals surface area contributed by atoms with E-state index in [0.717, 1.165) is 5.92 Å². The molecule has 1 atom stereocenters. The van der Waals surface area contributed by atoms with Gasteiger partial charge >= 0.3 is 0 Å². The predicted molar refractivity (Wildman–Crippen MR) is 62.0 cm³/mol. The fourth-order valence-electron chi connectivity index (χ4n) is 1.87. The van der Waals surface area contributed by atoms with Gasteiger partial charge in [-0.05, 0) is 17.8 Å². The number of hydrogen-bond donors (Lipinski definition) is 0. The molecule has 0 aromatic heterocycles. The van der Waals surface area contributed by atoms with Gasteiger partial charge in [0.25, 0.3) is 0 Å². The van der Waals surface area contributed by atoms with Crippen molar-refractivity contribution in [2.45, 2.75) is 73.1 Å². The average Bonchev–Trinajstić information content (AvgIpc) is 2.12. The summed E-state index contributed by atoms with van der Waals surface area (Å²) in [4.78, 5) is 0. The van der Waals surface area contributed by atoms with E-state index in [1.165, 1.54) is 38.5 Å². The van der Waals surface area contributed by atoms with Crippen molar-refractivity contribution in [3.8, 4) is 0 Å². The van der Waals surface area contributed by atoms with Crippen LogP contribution in [-0.2, 0) is 0 Å². The summed E-state index contributed by atoms with van der Waals surface area (Å²) in [6.07, 6.45) is 8.30. The van der Waals surface area contributed by atoms with Crippen molar-refractivity contribution in [2.24, 2.45) is 11.3 Å². The Kier molecular flexibility index (Phi) is 6.45. The van der Waals surface area contributed by atoms with Gasteiger partial charge in [-0.25, -0.2) is 0 Å². The van der Waals surface area contributed by atoms with E-state index in [4.69, 9.17) is 0 Å². The Morgan fingerprint density at radius 2 is 1.69 bits per heavy atom. The monoisotopic (exact) mass is 184 g/mol. The molecule has 0 aliphatic rings. The van der Waals surface area contributed by atoms with Crippen LogP contribution in [0.25, 0.3) is 0 Å². The van der Waals surface area contributed by atoms with Crippen LogP contribution in [0.3, 0.4) is 0 Å². The topological polar surface area (TPSA) is 0 Å².